The zero-order chi connectivity index (χ0) is 14.4. The molecule has 0 aliphatic heterocycles. The van der Waals surface area contributed by atoms with Gasteiger partial charge in [0.05, 0.1) is 14.1 Å². The maximum atomic E-state index is 12.0. The van der Waals surface area contributed by atoms with Gasteiger partial charge in [-0.1, -0.05) is 36.4 Å². The zero-order valence-corrected chi connectivity index (χ0v) is 12.5. The molecule has 1 aliphatic rings. The Hall–Kier alpha value is -1.61. The fraction of sp³-hybridized carbons (Fsp3) is 0.471. The van der Waals surface area contributed by atoms with Crippen LogP contribution in [0.5, 0.6) is 0 Å². The highest BCUT2D eigenvalue weighted by Gasteiger charge is 2.14. The van der Waals surface area contributed by atoms with E-state index in [4.69, 9.17) is 0 Å². The average Bonchev–Trinajstić information content (AvgIpc) is 2.90. The number of nitrogens with one attached hydrogen (secondary N) is 2. The van der Waals surface area contributed by atoms with Gasteiger partial charge in [0.25, 0.3) is 0 Å². The molecular formula is C17H25N2O+. The first-order valence-electron chi connectivity index (χ1n) is 7.44. The Labute approximate surface area is 121 Å². The number of hydrogen-bond donors (Lipinski definition) is 2. The van der Waals surface area contributed by atoms with Crippen molar-refractivity contribution in [1.82, 2.24) is 5.32 Å². The summed E-state index contributed by atoms with van der Waals surface area (Å²) in [5.74, 6) is 0.602. The van der Waals surface area contributed by atoms with Crippen LogP contribution in [0.4, 0.5) is 0 Å². The Morgan fingerprint density at radius 3 is 2.70 bits per heavy atom. The van der Waals surface area contributed by atoms with Gasteiger partial charge in [0, 0.05) is 18.5 Å². The number of carbonyl (C=O) groups excluding carboxylic acids is 1. The van der Waals surface area contributed by atoms with E-state index in [1.54, 1.807) is 0 Å². The van der Waals surface area contributed by atoms with Gasteiger partial charge in [0.1, 0.15) is 6.54 Å². The van der Waals surface area contributed by atoms with Crippen molar-refractivity contribution in [2.24, 2.45) is 5.92 Å². The van der Waals surface area contributed by atoms with E-state index < -0.39 is 0 Å². The van der Waals surface area contributed by atoms with Crippen LogP contribution in [0.2, 0.25) is 0 Å². The van der Waals surface area contributed by atoms with Crippen molar-refractivity contribution in [3.8, 4) is 0 Å². The average molecular weight is 273 g/mol. The summed E-state index contributed by atoms with van der Waals surface area (Å²) in [6.45, 7) is 1.62. The van der Waals surface area contributed by atoms with E-state index in [0.29, 0.717) is 18.9 Å². The number of rotatable bonds is 6. The molecule has 0 saturated carbocycles. The second-order valence-electron chi connectivity index (χ2n) is 5.90. The molecule has 1 aromatic carbocycles. The third-order valence-corrected chi connectivity index (χ3v) is 3.70. The van der Waals surface area contributed by atoms with Crippen LogP contribution in [0.15, 0.2) is 36.4 Å². The third-order valence-electron chi connectivity index (χ3n) is 3.70. The predicted molar refractivity (Wildman–Crippen MR) is 81.3 cm³/mol. The molecule has 0 unspecified atom stereocenters. The van der Waals surface area contributed by atoms with E-state index in [9.17, 15) is 4.79 Å². The van der Waals surface area contributed by atoms with Crippen molar-refractivity contribution < 1.29 is 9.69 Å². The van der Waals surface area contributed by atoms with E-state index >= 15 is 0 Å². The van der Waals surface area contributed by atoms with Crippen molar-refractivity contribution >= 4 is 5.91 Å². The maximum absolute atomic E-state index is 12.0. The fourth-order valence-electron chi connectivity index (χ4n) is 2.65. The quantitative estimate of drug-likeness (QED) is 0.753. The van der Waals surface area contributed by atoms with E-state index in [1.165, 1.54) is 16.0 Å². The first kappa shape index (κ1) is 14.8. The lowest BCUT2D eigenvalue weighted by Gasteiger charge is -2.13. The molecule has 3 heteroatoms. The van der Waals surface area contributed by atoms with Gasteiger partial charge in [-0.2, -0.15) is 0 Å². The standard InChI is InChI=1S/C17H24N2O/c1-19(2)13-16-10-6-5-9-15(16)12-18-17(20)11-14-7-3-4-8-14/h3,5-7,9-10,14H,4,8,11-13H2,1-2H3,(H,18,20)/p+1/t14-/m1/s1. The van der Waals surface area contributed by atoms with Crippen LogP contribution in [0.25, 0.3) is 0 Å². The van der Waals surface area contributed by atoms with Crippen LogP contribution < -0.4 is 10.2 Å². The summed E-state index contributed by atoms with van der Waals surface area (Å²) < 4.78 is 0. The zero-order valence-electron chi connectivity index (χ0n) is 12.5. The minimum absolute atomic E-state index is 0.161. The summed E-state index contributed by atoms with van der Waals surface area (Å²) in [7, 11) is 4.28. The minimum atomic E-state index is 0.161. The molecule has 1 aliphatic carbocycles. The van der Waals surface area contributed by atoms with Gasteiger partial charge in [0.2, 0.25) is 5.91 Å². The molecule has 0 aromatic heterocycles. The van der Waals surface area contributed by atoms with Gasteiger partial charge in [-0.3, -0.25) is 4.79 Å². The van der Waals surface area contributed by atoms with Crippen molar-refractivity contribution in [1.29, 1.82) is 0 Å². The highest BCUT2D eigenvalue weighted by molar-refractivity contribution is 5.76. The van der Waals surface area contributed by atoms with E-state index in [1.807, 2.05) is 6.07 Å². The second kappa shape index (κ2) is 7.25. The van der Waals surface area contributed by atoms with Crippen LogP contribution in [-0.4, -0.2) is 20.0 Å². The van der Waals surface area contributed by atoms with Gasteiger partial charge in [-0.05, 0) is 24.3 Å². The molecule has 3 nitrogen and oxygen atoms in total. The number of allylic oxidation sites excluding steroid dienone is 2. The molecule has 108 valence electrons. The summed E-state index contributed by atoms with van der Waals surface area (Å²) >= 11 is 0. The van der Waals surface area contributed by atoms with E-state index in [2.05, 4.69) is 49.8 Å². The van der Waals surface area contributed by atoms with Crippen LogP contribution in [0.1, 0.15) is 30.4 Å². The van der Waals surface area contributed by atoms with Crippen LogP contribution in [0, 0.1) is 5.92 Å². The Kier molecular flexibility index (Phi) is 5.36. The van der Waals surface area contributed by atoms with Crippen molar-refractivity contribution in [3.05, 3.63) is 47.5 Å². The molecule has 0 fully saturated rings. The predicted octanol–water partition coefficient (Wildman–Crippen LogP) is 1.30. The van der Waals surface area contributed by atoms with Crippen LogP contribution in [-0.2, 0) is 17.9 Å². The monoisotopic (exact) mass is 273 g/mol. The molecular weight excluding hydrogens is 248 g/mol. The Balaban J connectivity index is 1.86. The highest BCUT2D eigenvalue weighted by Crippen LogP contribution is 2.20. The molecule has 0 bridgehead atoms. The molecule has 1 aromatic rings. The molecule has 1 atom stereocenters. The van der Waals surface area contributed by atoms with Crippen molar-refractivity contribution in [3.63, 3.8) is 0 Å². The van der Waals surface area contributed by atoms with Crippen molar-refractivity contribution in [2.75, 3.05) is 14.1 Å². The molecule has 2 rings (SSSR count). The van der Waals surface area contributed by atoms with Gasteiger partial charge in [0.15, 0.2) is 0 Å². The normalized spacial score (nSPS) is 17.6. The number of amides is 1. The first-order chi connectivity index (χ1) is 9.65. The Morgan fingerprint density at radius 2 is 2.05 bits per heavy atom. The molecule has 0 spiro atoms. The summed E-state index contributed by atoms with van der Waals surface area (Å²) in [5, 5.41) is 3.06. The lowest BCUT2D eigenvalue weighted by atomic mass is 10.0. The summed E-state index contributed by atoms with van der Waals surface area (Å²) in [6.07, 6.45) is 7.20. The Bertz CT molecular complexity index is 480. The smallest absolute Gasteiger partial charge is 0.220 e. The number of hydrogen-bond acceptors (Lipinski definition) is 1. The van der Waals surface area contributed by atoms with Crippen LogP contribution in [0.3, 0.4) is 0 Å². The number of quaternary nitrogens is 1. The van der Waals surface area contributed by atoms with Gasteiger partial charge in [-0.25, -0.2) is 0 Å². The third kappa shape index (κ3) is 4.49. The SMILES string of the molecule is C[NH+](C)Cc1ccccc1CNC(=O)C[C@@H]1C=CCC1. The van der Waals surface area contributed by atoms with Gasteiger partial charge < -0.3 is 10.2 Å². The lowest BCUT2D eigenvalue weighted by Crippen LogP contribution is -3.04. The van der Waals surface area contributed by atoms with Crippen LogP contribution >= 0.6 is 0 Å². The molecule has 0 heterocycles. The molecule has 20 heavy (non-hydrogen) atoms. The van der Waals surface area contributed by atoms with Crippen molar-refractivity contribution in [2.45, 2.75) is 32.4 Å². The lowest BCUT2D eigenvalue weighted by molar-refractivity contribution is -0.872. The summed E-state index contributed by atoms with van der Waals surface area (Å²) in [5.41, 5.74) is 2.54. The number of benzene rings is 1. The molecule has 0 radical (unpaired) electrons. The molecule has 1 amide bonds. The molecule has 2 N–H and O–H groups in total. The van der Waals surface area contributed by atoms with E-state index in [-0.39, 0.29) is 5.91 Å². The Morgan fingerprint density at radius 1 is 1.30 bits per heavy atom. The fourth-order valence-corrected chi connectivity index (χ4v) is 2.65. The topological polar surface area (TPSA) is 33.5 Å². The summed E-state index contributed by atoms with van der Waals surface area (Å²) in [4.78, 5) is 13.3. The minimum Gasteiger partial charge on any atom is -0.352 e. The van der Waals surface area contributed by atoms with E-state index in [0.717, 1.165) is 19.4 Å². The van der Waals surface area contributed by atoms with Gasteiger partial charge in [-0.15, -0.1) is 0 Å². The summed E-state index contributed by atoms with van der Waals surface area (Å²) in [6, 6.07) is 8.35. The first-order valence-corrected chi connectivity index (χ1v) is 7.44. The van der Waals surface area contributed by atoms with Gasteiger partial charge >= 0.3 is 0 Å². The molecule has 0 saturated heterocycles. The maximum Gasteiger partial charge on any atom is 0.220 e. The second-order valence-corrected chi connectivity index (χ2v) is 5.90. The highest BCUT2D eigenvalue weighted by atomic mass is 16.1. The number of carbonyl (C=O) groups is 1. The largest absolute Gasteiger partial charge is 0.352 e.